The molecule has 1 heterocycles. The SMILES string of the molecule is CC1(C)c2ccccc2-c2ccc(N(c3ccc(N(c4ccccc4)c4ccccc4)cc3)c3ccc4c(c3)C(C)(C)c3cc(-c5ccc6c(c5)c5ccccc5n6-c5ccccc5)ccc3-4)cc21. The van der Waals surface area contributed by atoms with Gasteiger partial charge >= 0.3 is 0 Å². The van der Waals surface area contributed by atoms with Crippen molar-refractivity contribution in [1.29, 1.82) is 0 Å². The third-order valence-corrected chi connectivity index (χ3v) is 15.2. The molecule has 0 amide bonds. The minimum absolute atomic E-state index is 0.133. The highest BCUT2D eigenvalue weighted by Gasteiger charge is 2.38. The highest BCUT2D eigenvalue weighted by atomic mass is 15.2. The maximum atomic E-state index is 2.46. The van der Waals surface area contributed by atoms with E-state index in [-0.39, 0.29) is 10.8 Å². The first-order valence-corrected chi connectivity index (χ1v) is 24.2. The number of rotatable bonds is 8. The van der Waals surface area contributed by atoms with Gasteiger partial charge in [-0.3, -0.25) is 0 Å². The molecule has 3 heteroatoms. The van der Waals surface area contributed by atoms with Crippen molar-refractivity contribution in [2.45, 2.75) is 38.5 Å². The zero-order chi connectivity index (χ0) is 46.4. The standard InChI is InChI=1S/C66H51N3/c1-65(2)59-26-16-14-24-53(59)55-37-34-51(42-61(55)65)68(50-32-30-49(31-33-50)67(46-18-8-5-9-19-46)47-20-10-6-11-21-47)52-35-38-56-54-36-28-45(41-60(54)66(3,4)62(56)43-52)44-29-39-64-58(40-44)57-25-15-17-27-63(57)69(64)48-22-12-7-13-23-48/h5-43H,1-4H3. The van der Waals surface area contributed by atoms with Crippen LogP contribution in [0.25, 0.3) is 60.9 Å². The fourth-order valence-electron chi connectivity index (χ4n) is 11.7. The maximum absolute atomic E-state index is 2.46. The first kappa shape index (κ1) is 40.8. The number of nitrogens with zero attached hydrogens (tertiary/aromatic N) is 3. The number of anilines is 6. The third-order valence-electron chi connectivity index (χ3n) is 15.2. The van der Waals surface area contributed by atoms with Crippen LogP contribution >= 0.6 is 0 Å². The summed E-state index contributed by atoms with van der Waals surface area (Å²) in [6, 6.07) is 87.2. The van der Waals surface area contributed by atoms with Crippen LogP contribution in [0.4, 0.5) is 34.1 Å². The average molecular weight is 886 g/mol. The second-order valence-corrected chi connectivity index (χ2v) is 19.8. The average Bonchev–Trinajstić information content (AvgIpc) is 3.94. The van der Waals surface area contributed by atoms with Crippen molar-refractivity contribution in [3.8, 4) is 39.1 Å². The summed E-state index contributed by atoms with van der Waals surface area (Å²) in [5, 5.41) is 2.53. The van der Waals surface area contributed by atoms with E-state index in [1.807, 2.05) is 0 Å². The molecule has 2 aliphatic carbocycles. The molecule has 0 N–H and O–H groups in total. The summed E-state index contributed by atoms with van der Waals surface area (Å²) >= 11 is 0. The molecule has 3 nitrogen and oxygen atoms in total. The number of aromatic nitrogens is 1. The Balaban J connectivity index is 0.912. The molecule has 0 bridgehead atoms. The zero-order valence-corrected chi connectivity index (χ0v) is 39.4. The molecule has 0 saturated heterocycles. The van der Waals surface area contributed by atoms with E-state index in [9.17, 15) is 0 Å². The quantitative estimate of drug-likeness (QED) is 0.151. The summed E-state index contributed by atoms with van der Waals surface area (Å²) in [5.74, 6) is 0. The summed E-state index contributed by atoms with van der Waals surface area (Å²) < 4.78 is 2.39. The van der Waals surface area contributed by atoms with Gasteiger partial charge in [-0.2, -0.15) is 0 Å². The van der Waals surface area contributed by atoms with Gasteiger partial charge in [0, 0.05) is 61.4 Å². The molecule has 0 saturated carbocycles. The number of hydrogen-bond acceptors (Lipinski definition) is 2. The molecule has 0 atom stereocenters. The molecular weight excluding hydrogens is 835 g/mol. The van der Waals surface area contributed by atoms with E-state index in [2.05, 4.69) is 279 Å². The van der Waals surface area contributed by atoms with E-state index in [1.165, 1.54) is 83.1 Å². The van der Waals surface area contributed by atoms with E-state index < -0.39 is 0 Å². The summed E-state index contributed by atoms with van der Waals surface area (Å²) in [6.07, 6.45) is 0. The monoisotopic (exact) mass is 885 g/mol. The molecule has 0 fully saturated rings. The predicted octanol–water partition coefficient (Wildman–Crippen LogP) is 18.0. The van der Waals surface area contributed by atoms with Crippen LogP contribution < -0.4 is 9.80 Å². The lowest BCUT2D eigenvalue weighted by atomic mass is 9.81. The molecular formula is C66H51N3. The molecule has 0 aliphatic heterocycles. The van der Waals surface area contributed by atoms with Gasteiger partial charge in [0.1, 0.15) is 0 Å². The van der Waals surface area contributed by atoms with Crippen molar-refractivity contribution < 1.29 is 0 Å². The van der Waals surface area contributed by atoms with Crippen molar-refractivity contribution >= 4 is 55.9 Å². The Morgan fingerprint density at radius 3 is 1.32 bits per heavy atom. The lowest BCUT2D eigenvalue weighted by molar-refractivity contribution is 0.660. The molecule has 69 heavy (non-hydrogen) atoms. The van der Waals surface area contributed by atoms with Crippen LogP contribution in [-0.4, -0.2) is 4.57 Å². The van der Waals surface area contributed by atoms with Crippen molar-refractivity contribution in [2.75, 3.05) is 9.80 Å². The lowest BCUT2D eigenvalue weighted by Crippen LogP contribution is -2.18. The van der Waals surface area contributed by atoms with Gasteiger partial charge in [-0.1, -0.05) is 155 Å². The lowest BCUT2D eigenvalue weighted by Gasteiger charge is -2.30. The van der Waals surface area contributed by atoms with Crippen molar-refractivity contribution in [3.05, 3.63) is 259 Å². The van der Waals surface area contributed by atoms with Crippen LogP contribution in [-0.2, 0) is 10.8 Å². The Bertz CT molecular complexity index is 3730. The van der Waals surface area contributed by atoms with Crippen LogP contribution in [0.15, 0.2) is 237 Å². The summed E-state index contributed by atoms with van der Waals surface area (Å²) in [5.41, 5.74) is 23.1. The molecule has 0 spiro atoms. The van der Waals surface area contributed by atoms with Crippen LogP contribution in [0.5, 0.6) is 0 Å². The van der Waals surface area contributed by atoms with Crippen molar-refractivity contribution in [2.24, 2.45) is 0 Å². The second kappa shape index (κ2) is 15.6. The molecule has 330 valence electrons. The molecule has 1 aromatic heterocycles. The van der Waals surface area contributed by atoms with Gasteiger partial charge in [0.25, 0.3) is 0 Å². The van der Waals surface area contributed by atoms with Crippen LogP contribution in [0, 0.1) is 0 Å². The Hall–Kier alpha value is -8.40. The smallest absolute Gasteiger partial charge is 0.0541 e. The van der Waals surface area contributed by atoms with Gasteiger partial charge in [-0.25, -0.2) is 0 Å². The number of para-hydroxylation sites is 4. The van der Waals surface area contributed by atoms with Crippen LogP contribution in [0.3, 0.4) is 0 Å². The number of benzene rings is 10. The first-order chi connectivity index (χ1) is 33.7. The number of fused-ring (bicyclic) bond motifs is 9. The zero-order valence-electron chi connectivity index (χ0n) is 39.4. The third kappa shape index (κ3) is 6.41. The van der Waals surface area contributed by atoms with Gasteiger partial charge in [0.2, 0.25) is 0 Å². The topological polar surface area (TPSA) is 11.4 Å². The minimum Gasteiger partial charge on any atom is -0.311 e. The fraction of sp³-hybridized carbons (Fsp3) is 0.0909. The highest BCUT2D eigenvalue weighted by molar-refractivity contribution is 6.10. The van der Waals surface area contributed by atoms with Gasteiger partial charge in [-0.15, -0.1) is 0 Å². The Labute approximate surface area is 404 Å². The maximum Gasteiger partial charge on any atom is 0.0541 e. The Kier molecular flexibility index (Phi) is 9.22. The molecule has 0 radical (unpaired) electrons. The van der Waals surface area contributed by atoms with E-state index >= 15 is 0 Å². The van der Waals surface area contributed by atoms with Gasteiger partial charge in [0.15, 0.2) is 0 Å². The van der Waals surface area contributed by atoms with E-state index in [4.69, 9.17) is 0 Å². The molecule has 0 unspecified atom stereocenters. The molecule has 2 aliphatic rings. The second-order valence-electron chi connectivity index (χ2n) is 19.8. The fourth-order valence-corrected chi connectivity index (χ4v) is 11.7. The largest absolute Gasteiger partial charge is 0.311 e. The minimum atomic E-state index is -0.243. The normalized spacial score (nSPS) is 13.7. The van der Waals surface area contributed by atoms with Crippen molar-refractivity contribution in [3.63, 3.8) is 0 Å². The van der Waals surface area contributed by atoms with Crippen LogP contribution in [0.2, 0.25) is 0 Å². The predicted molar refractivity (Wildman–Crippen MR) is 291 cm³/mol. The molecule has 13 rings (SSSR count). The van der Waals surface area contributed by atoms with E-state index in [1.54, 1.807) is 0 Å². The Morgan fingerprint density at radius 1 is 0.290 bits per heavy atom. The summed E-state index contributed by atoms with van der Waals surface area (Å²) in [7, 11) is 0. The summed E-state index contributed by atoms with van der Waals surface area (Å²) in [4.78, 5) is 4.79. The van der Waals surface area contributed by atoms with Gasteiger partial charge in [0.05, 0.1) is 11.0 Å². The first-order valence-electron chi connectivity index (χ1n) is 24.2. The molecule has 10 aromatic carbocycles. The van der Waals surface area contributed by atoms with E-state index in [0.717, 1.165) is 34.1 Å². The van der Waals surface area contributed by atoms with E-state index in [0.29, 0.717) is 0 Å². The summed E-state index contributed by atoms with van der Waals surface area (Å²) in [6.45, 7) is 9.54. The molecule has 11 aromatic rings. The van der Waals surface area contributed by atoms with Crippen LogP contribution in [0.1, 0.15) is 49.9 Å². The van der Waals surface area contributed by atoms with Crippen molar-refractivity contribution in [1.82, 2.24) is 4.57 Å². The number of hydrogen-bond donors (Lipinski definition) is 0. The highest BCUT2D eigenvalue weighted by Crippen LogP contribution is 2.54. The Morgan fingerprint density at radius 2 is 0.696 bits per heavy atom. The van der Waals surface area contributed by atoms with Gasteiger partial charge in [-0.05, 0) is 165 Å². The van der Waals surface area contributed by atoms with Gasteiger partial charge < -0.3 is 14.4 Å².